The first kappa shape index (κ1) is 17.9. The van der Waals surface area contributed by atoms with Gasteiger partial charge in [0, 0.05) is 23.5 Å². The van der Waals surface area contributed by atoms with Crippen LogP contribution >= 0.6 is 0 Å². The van der Waals surface area contributed by atoms with E-state index in [1.165, 1.54) is 11.1 Å². The summed E-state index contributed by atoms with van der Waals surface area (Å²) in [7, 11) is 0. The molecule has 1 aliphatic heterocycles. The van der Waals surface area contributed by atoms with E-state index < -0.39 is 5.60 Å². The summed E-state index contributed by atoms with van der Waals surface area (Å²) < 4.78 is 0. The molecule has 0 amide bonds. The standard InChI is InChI=1S/C23H29NO/c1-4-15-23(25)16-20(18-11-7-5-8-12-18)24-22(21(23)17(2)3)19-13-9-6-10-14-19/h4-14,17,20-22,24-25H,1,15-16H2,2-3H3/p+1/t20-,21+,22+,23+/m0/s1. The number of hydrogen-bond acceptors (Lipinski definition) is 1. The number of benzene rings is 2. The average Bonchev–Trinajstić information content (AvgIpc) is 2.62. The Morgan fingerprint density at radius 1 is 1.08 bits per heavy atom. The van der Waals surface area contributed by atoms with Gasteiger partial charge in [0.1, 0.15) is 12.1 Å². The van der Waals surface area contributed by atoms with Gasteiger partial charge >= 0.3 is 0 Å². The van der Waals surface area contributed by atoms with Gasteiger partial charge in [0.25, 0.3) is 0 Å². The first-order valence-electron chi connectivity index (χ1n) is 9.33. The predicted molar refractivity (Wildman–Crippen MR) is 103 cm³/mol. The van der Waals surface area contributed by atoms with Gasteiger partial charge in [0.2, 0.25) is 0 Å². The predicted octanol–water partition coefficient (Wildman–Crippen LogP) is 4.02. The molecule has 0 spiro atoms. The quantitative estimate of drug-likeness (QED) is 0.795. The van der Waals surface area contributed by atoms with Crippen molar-refractivity contribution in [2.45, 2.75) is 44.4 Å². The second kappa shape index (κ2) is 7.55. The summed E-state index contributed by atoms with van der Waals surface area (Å²) >= 11 is 0. The third-order valence-electron chi connectivity index (χ3n) is 5.65. The van der Waals surface area contributed by atoms with Gasteiger partial charge in [-0.2, -0.15) is 0 Å². The molecule has 0 radical (unpaired) electrons. The lowest BCUT2D eigenvalue weighted by molar-refractivity contribution is -0.758. The lowest BCUT2D eigenvalue weighted by Crippen LogP contribution is -2.92. The fourth-order valence-electron chi connectivity index (χ4n) is 4.72. The first-order chi connectivity index (χ1) is 12.0. The van der Waals surface area contributed by atoms with Gasteiger partial charge in [-0.25, -0.2) is 0 Å². The van der Waals surface area contributed by atoms with Gasteiger partial charge in [-0.15, -0.1) is 6.58 Å². The fourth-order valence-corrected chi connectivity index (χ4v) is 4.72. The summed E-state index contributed by atoms with van der Waals surface area (Å²) in [5.41, 5.74) is 1.85. The van der Waals surface area contributed by atoms with Crippen molar-refractivity contribution in [2.24, 2.45) is 11.8 Å². The normalized spacial score (nSPS) is 29.5. The van der Waals surface area contributed by atoms with Gasteiger partial charge in [0.15, 0.2) is 0 Å². The molecule has 1 aliphatic rings. The Bertz CT molecular complexity index is 682. The van der Waals surface area contributed by atoms with Crippen LogP contribution in [0.2, 0.25) is 0 Å². The van der Waals surface area contributed by atoms with Gasteiger partial charge in [-0.3, -0.25) is 0 Å². The van der Waals surface area contributed by atoms with Gasteiger partial charge in [0.05, 0.1) is 5.60 Å². The second-order valence-corrected chi connectivity index (χ2v) is 7.72. The molecule has 0 bridgehead atoms. The molecule has 0 unspecified atom stereocenters. The highest BCUT2D eigenvalue weighted by atomic mass is 16.3. The maximum atomic E-state index is 11.7. The summed E-state index contributed by atoms with van der Waals surface area (Å²) in [6.45, 7) is 8.37. The van der Waals surface area contributed by atoms with E-state index in [1.54, 1.807) is 0 Å². The lowest BCUT2D eigenvalue weighted by Gasteiger charge is -2.48. The Kier molecular flexibility index (Phi) is 5.41. The minimum absolute atomic E-state index is 0.188. The van der Waals surface area contributed by atoms with E-state index in [9.17, 15) is 5.11 Å². The van der Waals surface area contributed by atoms with Crippen LogP contribution in [0.4, 0.5) is 0 Å². The molecule has 1 heterocycles. The molecule has 1 fully saturated rings. The number of quaternary nitrogens is 1. The molecule has 132 valence electrons. The molecule has 2 nitrogen and oxygen atoms in total. The van der Waals surface area contributed by atoms with E-state index in [-0.39, 0.29) is 18.0 Å². The highest BCUT2D eigenvalue weighted by molar-refractivity contribution is 5.23. The number of piperidine rings is 1. The topological polar surface area (TPSA) is 36.8 Å². The van der Waals surface area contributed by atoms with Crippen LogP contribution in [0.3, 0.4) is 0 Å². The van der Waals surface area contributed by atoms with E-state index in [1.807, 2.05) is 12.1 Å². The van der Waals surface area contributed by atoms with E-state index in [4.69, 9.17) is 0 Å². The maximum Gasteiger partial charge on any atom is 0.118 e. The van der Waals surface area contributed by atoms with Crippen molar-refractivity contribution in [1.82, 2.24) is 0 Å². The van der Waals surface area contributed by atoms with Crippen molar-refractivity contribution in [1.29, 1.82) is 0 Å². The molecule has 2 heteroatoms. The minimum Gasteiger partial charge on any atom is -0.389 e. The smallest absolute Gasteiger partial charge is 0.118 e. The van der Waals surface area contributed by atoms with Crippen LogP contribution in [-0.2, 0) is 0 Å². The molecule has 0 aromatic heterocycles. The Morgan fingerprint density at radius 3 is 2.16 bits per heavy atom. The Balaban J connectivity index is 2.04. The van der Waals surface area contributed by atoms with Crippen LogP contribution in [0.5, 0.6) is 0 Å². The van der Waals surface area contributed by atoms with Crippen LogP contribution in [0.15, 0.2) is 73.3 Å². The lowest BCUT2D eigenvalue weighted by atomic mass is 9.65. The van der Waals surface area contributed by atoms with Crippen LogP contribution in [-0.4, -0.2) is 10.7 Å². The van der Waals surface area contributed by atoms with Crippen molar-refractivity contribution in [2.75, 3.05) is 0 Å². The molecular formula is C23H30NO+. The number of rotatable bonds is 5. The first-order valence-corrected chi connectivity index (χ1v) is 9.33. The minimum atomic E-state index is -0.730. The molecule has 0 saturated carbocycles. The summed E-state index contributed by atoms with van der Waals surface area (Å²) in [6.07, 6.45) is 3.27. The van der Waals surface area contributed by atoms with Crippen LogP contribution in [0, 0.1) is 11.8 Å². The monoisotopic (exact) mass is 336 g/mol. The van der Waals surface area contributed by atoms with Crippen LogP contribution in [0.25, 0.3) is 0 Å². The van der Waals surface area contributed by atoms with Crippen molar-refractivity contribution >= 4 is 0 Å². The third-order valence-corrected chi connectivity index (χ3v) is 5.65. The van der Waals surface area contributed by atoms with Gasteiger partial charge in [-0.05, 0) is 12.3 Å². The molecule has 0 aliphatic carbocycles. The zero-order valence-corrected chi connectivity index (χ0v) is 15.3. The van der Waals surface area contributed by atoms with E-state index in [0.29, 0.717) is 12.3 Å². The summed E-state index contributed by atoms with van der Waals surface area (Å²) in [6, 6.07) is 21.7. The number of aliphatic hydroxyl groups is 1. The van der Waals surface area contributed by atoms with Crippen molar-refractivity contribution in [3.63, 3.8) is 0 Å². The zero-order chi connectivity index (χ0) is 17.9. The van der Waals surface area contributed by atoms with Crippen LogP contribution < -0.4 is 5.32 Å². The van der Waals surface area contributed by atoms with Crippen LogP contribution in [0.1, 0.15) is 49.9 Å². The highest BCUT2D eigenvalue weighted by Gasteiger charge is 2.51. The molecule has 1 saturated heterocycles. The second-order valence-electron chi connectivity index (χ2n) is 7.72. The average molecular weight is 336 g/mol. The number of hydrogen-bond donors (Lipinski definition) is 2. The molecule has 25 heavy (non-hydrogen) atoms. The Labute approximate surface area is 151 Å². The van der Waals surface area contributed by atoms with Crippen molar-refractivity contribution < 1.29 is 10.4 Å². The summed E-state index contributed by atoms with van der Waals surface area (Å²) in [4.78, 5) is 0. The van der Waals surface area contributed by atoms with E-state index >= 15 is 0 Å². The molecule has 3 N–H and O–H groups in total. The fraction of sp³-hybridized carbons (Fsp3) is 0.391. The zero-order valence-electron chi connectivity index (χ0n) is 15.3. The Hall–Kier alpha value is -1.90. The van der Waals surface area contributed by atoms with E-state index in [0.717, 1.165) is 6.42 Å². The highest BCUT2D eigenvalue weighted by Crippen LogP contribution is 2.44. The van der Waals surface area contributed by atoms with Gasteiger partial charge in [-0.1, -0.05) is 80.6 Å². The molecule has 3 rings (SSSR count). The Morgan fingerprint density at radius 2 is 1.64 bits per heavy atom. The molecule has 4 atom stereocenters. The molecule has 2 aromatic carbocycles. The van der Waals surface area contributed by atoms with Crippen molar-refractivity contribution in [3.8, 4) is 0 Å². The van der Waals surface area contributed by atoms with Crippen molar-refractivity contribution in [3.05, 3.63) is 84.4 Å². The molecule has 2 aromatic rings. The SMILES string of the molecule is C=CC[C@@]1(O)C[C@@H](c2ccccc2)[NH2+][C@H](c2ccccc2)[C@H]1C(C)C. The molecular weight excluding hydrogens is 306 g/mol. The summed E-state index contributed by atoms with van der Waals surface area (Å²) in [5, 5.41) is 14.1. The maximum absolute atomic E-state index is 11.7. The number of nitrogens with two attached hydrogens (primary N) is 1. The van der Waals surface area contributed by atoms with E-state index in [2.05, 4.69) is 80.3 Å². The summed E-state index contributed by atoms with van der Waals surface area (Å²) in [5.74, 6) is 0.580. The largest absolute Gasteiger partial charge is 0.389 e. The third kappa shape index (κ3) is 3.70. The van der Waals surface area contributed by atoms with Gasteiger partial charge < -0.3 is 10.4 Å².